The van der Waals surface area contributed by atoms with Crippen molar-refractivity contribution in [3.05, 3.63) is 91.0 Å². The molecule has 4 heteroatoms. The minimum atomic E-state index is -0.956. The van der Waals surface area contributed by atoms with Gasteiger partial charge in [0.25, 0.3) is 0 Å². The first-order chi connectivity index (χ1) is 16.2. The van der Waals surface area contributed by atoms with Gasteiger partial charge in [-0.3, -0.25) is 0 Å². The second-order valence-corrected chi connectivity index (χ2v) is 10.8. The van der Waals surface area contributed by atoms with Crippen molar-refractivity contribution in [1.29, 1.82) is 0 Å². The molecular formula is C30H28BO2S. The Morgan fingerprint density at radius 3 is 1.97 bits per heavy atom. The summed E-state index contributed by atoms with van der Waals surface area (Å²) >= 11 is 1.78. The standard InChI is InChI=1S/C30H28BO2S/c1-29(2,32)30(3,4)33-31-26-12-8-11-24-25-19-23(17-18-27(25)34-28(24)26)22-15-13-21(14-16-22)20-9-6-5-7-10-20/h5-19,32H,1-4H3. The summed E-state index contributed by atoms with van der Waals surface area (Å²) in [6.07, 6.45) is 0. The second-order valence-electron chi connectivity index (χ2n) is 9.79. The highest BCUT2D eigenvalue weighted by Gasteiger charge is 2.35. The first kappa shape index (κ1) is 22.9. The zero-order valence-electron chi connectivity index (χ0n) is 20.0. The van der Waals surface area contributed by atoms with Crippen LogP contribution in [0.1, 0.15) is 27.7 Å². The third-order valence-corrected chi connectivity index (χ3v) is 8.04. The molecule has 0 aliphatic rings. The van der Waals surface area contributed by atoms with Crippen molar-refractivity contribution >= 4 is 44.5 Å². The van der Waals surface area contributed by atoms with E-state index >= 15 is 0 Å². The Balaban J connectivity index is 1.48. The Bertz CT molecular complexity index is 1450. The molecule has 1 N–H and O–H groups in total. The molecule has 5 aromatic rings. The third-order valence-electron chi connectivity index (χ3n) is 6.81. The molecule has 0 spiro atoms. The van der Waals surface area contributed by atoms with Crippen LogP contribution in [0.25, 0.3) is 42.4 Å². The van der Waals surface area contributed by atoms with E-state index in [1.54, 1.807) is 32.7 Å². The Morgan fingerprint density at radius 2 is 1.29 bits per heavy atom. The van der Waals surface area contributed by atoms with Gasteiger partial charge < -0.3 is 9.76 Å². The molecule has 5 rings (SSSR count). The number of hydrogen-bond acceptors (Lipinski definition) is 3. The SMILES string of the molecule is CC(C)(O)C(C)(C)O[B]c1cccc2c1sc1ccc(-c3ccc(-c4ccccc4)cc3)cc12. The maximum atomic E-state index is 10.4. The molecule has 0 aliphatic heterocycles. The molecule has 0 saturated carbocycles. The van der Waals surface area contributed by atoms with E-state index < -0.39 is 11.2 Å². The molecule has 0 amide bonds. The van der Waals surface area contributed by atoms with E-state index in [1.165, 1.54) is 42.4 Å². The maximum Gasteiger partial charge on any atom is 0.332 e. The van der Waals surface area contributed by atoms with Crippen LogP contribution < -0.4 is 5.46 Å². The number of thiophene rings is 1. The van der Waals surface area contributed by atoms with Crippen LogP contribution >= 0.6 is 11.3 Å². The number of aliphatic hydroxyl groups is 1. The lowest BCUT2D eigenvalue weighted by Gasteiger charge is -2.37. The zero-order valence-corrected chi connectivity index (χ0v) is 20.8. The molecular weight excluding hydrogens is 435 g/mol. The number of benzene rings is 4. The quantitative estimate of drug-likeness (QED) is 0.270. The van der Waals surface area contributed by atoms with Crippen molar-refractivity contribution < 1.29 is 9.76 Å². The van der Waals surface area contributed by atoms with Crippen LogP contribution in [0.15, 0.2) is 91.0 Å². The molecule has 4 aromatic carbocycles. The van der Waals surface area contributed by atoms with Crippen LogP contribution in [-0.2, 0) is 4.65 Å². The Hall–Kier alpha value is -2.92. The Kier molecular flexibility index (Phi) is 5.85. The van der Waals surface area contributed by atoms with Crippen molar-refractivity contribution in [2.45, 2.75) is 38.9 Å². The Morgan fingerprint density at radius 1 is 0.676 bits per heavy atom. The average Bonchev–Trinajstić information content (AvgIpc) is 3.21. The summed E-state index contributed by atoms with van der Waals surface area (Å²) in [6, 6.07) is 32.3. The van der Waals surface area contributed by atoms with Gasteiger partial charge in [-0.15, -0.1) is 11.3 Å². The van der Waals surface area contributed by atoms with Crippen molar-refractivity contribution in [3.63, 3.8) is 0 Å². The van der Waals surface area contributed by atoms with E-state index in [9.17, 15) is 5.11 Å². The van der Waals surface area contributed by atoms with E-state index in [0.29, 0.717) is 0 Å². The van der Waals surface area contributed by atoms with Gasteiger partial charge in [0.15, 0.2) is 0 Å². The molecule has 169 valence electrons. The van der Waals surface area contributed by atoms with Crippen LogP contribution in [0.3, 0.4) is 0 Å². The smallest absolute Gasteiger partial charge is 0.332 e. The van der Waals surface area contributed by atoms with Gasteiger partial charge in [0, 0.05) is 14.8 Å². The summed E-state index contributed by atoms with van der Waals surface area (Å²) in [6.45, 7) is 7.36. The summed E-state index contributed by atoms with van der Waals surface area (Å²) in [7, 11) is 1.79. The molecule has 0 fully saturated rings. The zero-order chi connectivity index (χ0) is 23.9. The summed E-state index contributed by atoms with van der Waals surface area (Å²) in [5.41, 5.74) is 4.24. The van der Waals surface area contributed by atoms with Gasteiger partial charge in [0.1, 0.15) is 0 Å². The predicted molar refractivity (Wildman–Crippen MR) is 147 cm³/mol. The van der Waals surface area contributed by atoms with E-state index in [-0.39, 0.29) is 0 Å². The number of fused-ring (bicyclic) bond motifs is 3. The fraction of sp³-hybridized carbons (Fsp3) is 0.200. The normalized spacial score (nSPS) is 12.4. The molecule has 0 atom stereocenters. The summed E-state index contributed by atoms with van der Waals surface area (Å²) < 4.78 is 8.50. The van der Waals surface area contributed by atoms with E-state index in [4.69, 9.17) is 4.65 Å². The fourth-order valence-electron chi connectivity index (χ4n) is 3.93. The molecule has 0 aliphatic carbocycles. The highest BCUT2D eigenvalue weighted by Crippen LogP contribution is 2.36. The van der Waals surface area contributed by atoms with Crippen molar-refractivity contribution in [1.82, 2.24) is 0 Å². The lowest BCUT2D eigenvalue weighted by atomic mass is 9.82. The summed E-state index contributed by atoms with van der Waals surface area (Å²) in [5.74, 6) is 0. The van der Waals surface area contributed by atoms with Crippen molar-refractivity contribution in [3.8, 4) is 22.3 Å². The van der Waals surface area contributed by atoms with E-state index in [0.717, 1.165) is 5.46 Å². The minimum Gasteiger partial charge on any atom is -0.427 e. The summed E-state index contributed by atoms with van der Waals surface area (Å²) in [5, 5.41) is 12.9. The van der Waals surface area contributed by atoms with Crippen LogP contribution in [0.2, 0.25) is 0 Å². The maximum absolute atomic E-state index is 10.4. The Labute approximate surface area is 206 Å². The van der Waals surface area contributed by atoms with Crippen LogP contribution in [0.5, 0.6) is 0 Å². The molecule has 0 unspecified atom stereocenters. The molecule has 2 nitrogen and oxygen atoms in total. The molecule has 1 heterocycles. The third kappa shape index (κ3) is 4.29. The van der Waals surface area contributed by atoms with Gasteiger partial charge in [-0.25, -0.2) is 0 Å². The van der Waals surface area contributed by atoms with Crippen molar-refractivity contribution in [2.24, 2.45) is 0 Å². The first-order valence-corrected chi connectivity index (χ1v) is 12.4. The molecule has 1 radical (unpaired) electrons. The van der Waals surface area contributed by atoms with Crippen LogP contribution in [-0.4, -0.2) is 23.8 Å². The van der Waals surface area contributed by atoms with Gasteiger partial charge in [0.2, 0.25) is 0 Å². The van der Waals surface area contributed by atoms with E-state index in [2.05, 4.69) is 84.9 Å². The molecule has 1 aromatic heterocycles. The summed E-state index contributed by atoms with van der Waals surface area (Å²) in [4.78, 5) is 0. The van der Waals surface area contributed by atoms with Gasteiger partial charge >= 0.3 is 7.48 Å². The molecule has 34 heavy (non-hydrogen) atoms. The van der Waals surface area contributed by atoms with Gasteiger partial charge in [-0.1, -0.05) is 78.9 Å². The van der Waals surface area contributed by atoms with Crippen molar-refractivity contribution in [2.75, 3.05) is 0 Å². The van der Waals surface area contributed by atoms with E-state index in [1.807, 2.05) is 19.9 Å². The fourth-order valence-corrected chi connectivity index (χ4v) is 5.09. The highest BCUT2D eigenvalue weighted by atomic mass is 32.1. The average molecular weight is 463 g/mol. The number of hydrogen-bond donors (Lipinski definition) is 1. The topological polar surface area (TPSA) is 29.5 Å². The number of rotatable bonds is 6. The van der Waals surface area contributed by atoms with Gasteiger partial charge in [0.05, 0.1) is 11.2 Å². The van der Waals surface area contributed by atoms with Crippen LogP contribution in [0, 0.1) is 0 Å². The van der Waals surface area contributed by atoms with Gasteiger partial charge in [-0.05, 0) is 72.9 Å². The van der Waals surface area contributed by atoms with Gasteiger partial charge in [-0.2, -0.15) is 0 Å². The minimum absolute atomic E-state index is 0.703. The lowest BCUT2D eigenvalue weighted by Crippen LogP contribution is -2.49. The monoisotopic (exact) mass is 463 g/mol. The largest absolute Gasteiger partial charge is 0.427 e. The lowest BCUT2D eigenvalue weighted by molar-refractivity contribution is -0.0893. The molecule has 0 bridgehead atoms. The van der Waals surface area contributed by atoms with Crippen LogP contribution in [0.4, 0.5) is 0 Å². The molecule has 0 saturated heterocycles. The predicted octanol–water partition coefficient (Wildman–Crippen LogP) is 7.20. The highest BCUT2D eigenvalue weighted by molar-refractivity contribution is 7.27. The first-order valence-electron chi connectivity index (χ1n) is 11.6. The second kappa shape index (κ2) is 8.70.